The quantitative estimate of drug-likeness (QED) is 0.616. The SMILES string of the molecule is C1CCC2C(C1)CC1CCCCC12.[Ar].[Ar]. The fourth-order valence-electron chi connectivity index (χ4n) is 4.57. The van der Waals surface area contributed by atoms with Crippen LogP contribution in [0.3, 0.4) is 0 Å². The fraction of sp³-hybridized carbons (Fsp3) is 1.00. The van der Waals surface area contributed by atoms with Crippen LogP contribution in [0.25, 0.3) is 0 Å². The molecule has 0 spiro atoms. The predicted molar refractivity (Wildman–Crippen MR) is 55.5 cm³/mol. The molecule has 4 unspecified atom stereocenters. The summed E-state index contributed by atoms with van der Waals surface area (Å²) in [5.41, 5.74) is 0. The van der Waals surface area contributed by atoms with E-state index in [1.807, 2.05) is 0 Å². The molecule has 3 fully saturated rings. The Balaban J connectivity index is 0.000000562. The van der Waals surface area contributed by atoms with E-state index < -0.39 is 0 Å². The van der Waals surface area contributed by atoms with Crippen molar-refractivity contribution in [2.75, 3.05) is 0 Å². The van der Waals surface area contributed by atoms with Gasteiger partial charge in [0.1, 0.15) is 0 Å². The molecule has 0 heterocycles. The smallest absolute Gasteiger partial charge is 0 e. The average Bonchev–Trinajstić information content (AvgIpc) is 2.56. The van der Waals surface area contributed by atoms with Crippen molar-refractivity contribution in [3.05, 3.63) is 0 Å². The van der Waals surface area contributed by atoms with Crippen molar-refractivity contribution in [1.29, 1.82) is 0 Å². The molecule has 0 N–H and O–H groups in total. The second-order valence-electron chi connectivity index (χ2n) is 5.65. The van der Waals surface area contributed by atoms with Crippen LogP contribution in [0.5, 0.6) is 0 Å². The second kappa shape index (κ2) is 7.19. The maximum atomic E-state index is 1.62. The summed E-state index contributed by atoms with van der Waals surface area (Å²) in [7, 11) is 0. The molecule has 0 radical (unpaired) electrons. The van der Waals surface area contributed by atoms with Crippen LogP contribution in [0.1, 0.15) is 57.8 Å². The van der Waals surface area contributed by atoms with Gasteiger partial charge in [-0.05, 0) is 42.9 Å². The molecule has 3 rings (SSSR count). The van der Waals surface area contributed by atoms with Crippen molar-refractivity contribution < 1.29 is 75.5 Å². The summed E-state index contributed by atoms with van der Waals surface area (Å²) in [5.74, 6) is 4.70. The van der Waals surface area contributed by atoms with Gasteiger partial charge >= 0.3 is 0 Å². The van der Waals surface area contributed by atoms with Crippen molar-refractivity contribution in [3.8, 4) is 0 Å². The van der Waals surface area contributed by atoms with E-state index in [0.29, 0.717) is 0 Å². The average molecular weight is 258 g/mol. The first-order valence-corrected chi connectivity index (χ1v) is 6.45. The van der Waals surface area contributed by atoms with E-state index in [9.17, 15) is 0 Å². The fourth-order valence-corrected chi connectivity index (χ4v) is 4.57. The first-order chi connectivity index (χ1) is 6.45. The third-order valence-corrected chi connectivity index (χ3v) is 5.09. The van der Waals surface area contributed by atoms with Crippen LogP contribution in [0.2, 0.25) is 0 Å². The van der Waals surface area contributed by atoms with E-state index in [2.05, 4.69) is 0 Å². The molecule has 3 aliphatic carbocycles. The minimum absolute atomic E-state index is 0. The Bertz CT molecular complexity index is 173. The predicted octanol–water partition coefficient (Wildman–Crippen LogP) is 4.00. The Morgan fingerprint density at radius 3 is 1.40 bits per heavy atom. The van der Waals surface area contributed by atoms with Crippen LogP contribution in [0, 0.1) is 99.1 Å². The molecule has 15 heavy (non-hydrogen) atoms. The molecule has 0 aromatic heterocycles. The van der Waals surface area contributed by atoms with Crippen LogP contribution in [-0.4, -0.2) is 0 Å². The van der Waals surface area contributed by atoms with Gasteiger partial charge in [-0.15, -0.1) is 0 Å². The standard InChI is InChI=1S/C13H22.2Ar/c1-3-7-12-10(5-1)9-11-6-2-4-8-13(11)12;;/h10-13H,1-9H2;;. The molecule has 3 saturated carbocycles. The Morgan fingerprint density at radius 2 is 0.933 bits per heavy atom. The zero-order valence-electron chi connectivity index (χ0n) is 9.38. The summed E-state index contributed by atoms with van der Waals surface area (Å²) in [6, 6.07) is 0. The van der Waals surface area contributed by atoms with Gasteiger partial charge in [-0.1, -0.05) is 38.5 Å². The molecule has 0 aromatic carbocycles. The summed E-state index contributed by atoms with van der Waals surface area (Å²) in [6.07, 6.45) is 14.1. The maximum absolute atomic E-state index is 1.62. The first kappa shape index (κ1) is 15.6. The topological polar surface area (TPSA) is 0 Å². The van der Waals surface area contributed by atoms with Gasteiger partial charge in [-0.2, -0.15) is 0 Å². The number of hydrogen-bond donors (Lipinski definition) is 0. The summed E-state index contributed by atoms with van der Waals surface area (Å²) >= 11 is 0. The molecule has 0 aromatic rings. The van der Waals surface area contributed by atoms with Crippen LogP contribution < -0.4 is 0 Å². The summed E-state index contributed by atoms with van der Waals surface area (Å²) in [5, 5.41) is 0. The number of rotatable bonds is 0. The molecule has 0 aliphatic heterocycles. The Morgan fingerprint density at radius 1 is 0.533 bits per heavy atom. The van der Waals surface area contributed by atoms with Crippen LogP contribution >= 0.6 is 0 Å². The molecule has 0 saturated heterocycles. The van der Waals surface area contributed by atoms with Gasteiger partial charge in [0.25, 0.3) is 0 Å². The number of hydrogen-bond acceptors (Lipinski definition) is 0. The molecule has 0 nitrogen and oxygen atoms in total. The molecule has 3 aliphatic rings. The van der Waals surface area contributed by atoms with Gasteiger partial charge < -0.3 is 0 Å². The van der Waals surface area contributed by atoms with Crippen molar-refractivity contribution in [2.24, 2.45) is 23.7 Å². The second-order valence-corrected chi connectivity index (χ2v) is 5.65. The van der Waals surface area contributed by atoms with E-state index in [0.717, 1.165) is 0 Å². The van der Waals surface area contributed by atoms with Crippen molar-refractivity contribution in [1.82, 2.24) is 0 Å². The number of fused-ring (bicyclic) bond motifs is 3. The molecule has 90 valence electrons. The van der Waals surface area contributed by atoms with Crippen molar-refractivity contribution >= 4 is 0 Å². The minimum atomic E-state index is 0. The van der Waals surface area contributed by atoms with Gasteiger partial charge in [0.15, 0.2) is 0 Å². The zero-order chi connectivity index (χ0) is 8.67. The monoisotopic (exact) mass is 258 g/mol. The molecule has 0 bridgehead atoms. The molecule has 4 atom stereocenters. The van der Waals surface area contributed by atoms with E-state index in [1.165, 1.54) is 23.7 Å². The first-order valence-electron chi connectivity index (χ1n) is 6.45. The van der Waals surface area contributed by atoms with E-state index in [1.54, 1.807) is 57.8 Å². The Kier molecular flexibility index (Phi) is 7.47. The van der Waals surface area contributed by atoms with Gasteiger partial charge in [-0.3, -0.25) is 0 Å². The molecule has 0 amide bonds. The van der Waals surface area contributed by atoms with Crippen LogP contribution in [-0.2, 0) is 0 Å². The van der Waals surface area contributed by atoms with E-state index in [-0.39, 0.29) is 75.5 Å². The molecule has 2 heteroatoms. The van der Waals surface area contributed by atoms with Crippen LogP contribution in [0.4, 0.5) is 0 Å². The van der Waals surface area contributed by atoms with Gasteiger partial charge in [0.05, 0.1) is 0 Å². The summed E-state index contributed by atoms with van der Waals surface area (Å²) < 4.78 is 0. The van der Waals surface area contributed by atoms with E-state index in [4.69, 9.17) is 0 Å². The third kappa shape index (κ3) is 3.29. The van der Waals surface area contributed by atoms with E-state index >= 15 is 0 Å². The largest absolute Gasteiger partial charge is 0.0530 e. The van der Waals surface area contributed by atoms with Crippen molar-refractivity contribution in [3.63, 3.8) is 0 Å². The zero-order valence-corrected chi connectivity index (χ0v) is 10.8. The van der Waals surface area contributed by atoms with Crippen LogP contribution in [0.15, 0.2) is 0 Å². The van der Waals surface area contributed by atoms with Gasteiger partial charge in [0, 0.05) is 75.5 Å². The van der Waals surface area contributed by atoms with Gasteiger partial charge in [-0.25, -0.2) is 0 Å². The van der Waals surface area contributed by atoms with Crippen molar-refractivity contribution in [2.45, 2.75) is 57.8 Å². The van der Waals surface area contributed by atoms with Gasteiger partial charge in [0.2, 0.25) is 0 Å². The summed E-state index contributed by atoms with van der Waals surface area (Å²) in [6.45, 7) is 0. The third-order valence-electron chi connectivity index (χ3n) is 5.09. The summed E-state index contributed by atoms with van der Waals surface area (Å²) in [4.78, 5) is 0. The molecular formula is C13H22Ar2. The minimum Gasteiger partial charge on any atom is -0.0530 e. The normalized spacial score (nSPS) is 43.2. The Labute approximate surface area is 154 Å². The Hall–Kier alpha value is 2.52. The molecular weight excluding hydrogens is 236 g/mol. The maximum Gasteiger partial charge on any atom is 0 e.